The molecule has 0 amide bonds. The zero-order valence-electron chi connectivity index (χ0n) is 15.7. The van der Waals surface area contributed by atoms with Crippen molar-refractivity contribution < 1.29 is 26.8 Å². The maximum absolute atomic E-state index is 13.9. The van der Waals surface area contributed by atoms with Crippen molar-refractivity contribution in [1.82, 2.24) is 8.96 Å². The molecule has 3 aromatic rings. The topological polar surface area (TPSA) is 112 Å². The van der Waals surface area contributed by atoms with Crippen LogP contribution in [0.15, 0.2) is 36.4 Å². The van der Waals surface area contributed by atoms with Crippen LogP contribution in [0, 0.1) is 11.6 Å². The lowest BCUT2D eigenvalue weighted by Gasteiger charge is -2.21. The molecule has 1 aromatic heterocycles. The van der Waals surface area contributed by atoms with E-state index >= 15 is 0 Å². The van der Waals surface area contributed by atoms with Gasteiger partial charge < -0.3 is 5.73 Å². The van der Waals surface area contributed by atoms with E-state index in [9.17, 15) is 26.8 Å². The SMILES string of the molecule is CC(C)(C)S(=O)(=O)n1c(N)nc2ccc(C(=O)C(=O)c3ccc(F)cc3F)cc21. The average Bonchev–Trinajstić information content (AvgIpc) is 2.94. The summed E-state index contributed by atoms with van der Waals surface area (Å²) in [6, 6.07) is 5.97. The van der Waals surface area contributed by atoms with Gasteiger partial charge in [-0.05, 0) is 51.1 Å². The summed E-state index contributed by atoms with van der Waals surface area (Å²) in [4.78, 5) is 28.9. The zero-order chi connectivity index (χ0) is 21.7. The number of nitrogens with two attached hydrogens (primary N) is 1. The molecule has 10 heteroatoms. The third kappa shape index (κ3) is 3.39. The first-order valence-electron chi connectivity index (χ1n) is 8.42. The van der Waals surface area contributed by atoms with Crippen molar-refractivity contribution in [2.24, 2.45) is 0 Å². The summed E-state index contributed by atoms with van der Waals surface area (Å²) in [5, 5.41) is 0. The molecule has 1 heterocycles. The van der Waals surface area contributed by atoms with Gasteiger partial charge in [-0.15, -0.1) is 0 Å². The van der Waals surface area contributed by atoms with Gasteiger partial charge >= 0.3 is 0 Å². The van der Waals surface area contributed by atoms with Crippen LogP contribution in [0.3, 0.4) is 0 Å². The number of hydrogen-bond donors (Lipinski definition) is 1. The summed E-state index contributed by atoms with van der Waals surface area (Å²) in [7, 11) is -3.99. The fourth-order valence-corrected chi connectivity index (χ4v) is 3.91. The van der Waals surface area contributed by atoms with Crippen LogP contribution in [-0.2, 0) is 10.0 Å². The molecular formula is C19H17F2N3O4S. The number of fused-ring (bicyclic) bond motifs is 1. The normalized spacial score (nSPS) is 12.3. The minimum absolute atomic E-state index is 0.00986. The predicted molar refractivity (Wildman–Crippen MR) is 103 cm³/mol. The third-order valence-electron chi connectivity index (χ3n) is 4.30. The molecule has 0 spiro atoms. The number of halogens is 2. The Morgan fingerprint density at radius 3 is 2.28 bits per heavy atom. The van der Waals surface area contributed by atoms with E-state index < -0.39 is 43.5 Å². The van der Waals surface area contributed by atoms with Crippen LogP contribution in [0.1, 0.15) is 41.5 Å². The Balaban J connectivity index is 2.14. The van der Waals surface area contributed by atoms with Crippen molar-refractivity contribution in [2.45, 2.75) is 25.5 Å². The maximum atomic E-state index is 13.9. The largest absolute Gasteiger partial charge is 0.368 e. The molecule has 0 unspecified atom stereocenters. The summed E-state index contributed by atoms with van der Waals surface area (Å²) < 4.78 is 52.2. The van der Waals surface area contributed by atoms with E-state index in [1.165, 1.54) is 32.9 Å². The molecular weight excluding hydrogens is 404 g/mol. The molecule has 0 saturated carbocycles. The fourth-order valence-electron chi connectivity index (χ4n) is 2.67. The van der Waals surface area contributed by atoms with Crippen molar-refractivity contribution in [2.75, 3.05) is 5.73 Å². The van der Waals surface area contributed by atoms with E-state index in [0.29, 0.717) is 6.07 Å². The molecule has 0 aliphatic heterocycles. The molecule has 0 saturated heterocycles. The first-order valence-corrected chi connectivity index (χ1v) is 9.86. The number of Topliss-reactive ketones (excluding diaryl/α,β-unsaturated/α-hetero) is 2. The second kappa shape index (κ2) is 6.73. The van der Waals surface area contributed by atoms with Gasteiger partial charge in [-0.3, -0.25) is 9.59 Å². The van der Waals surface area contributed by atoms with Gasteiger partial charge in [0.2, 0.25) is 27.5 Å². The molecule has 3 rings (SSSR count). The second-order valence-electron chi connectivity index (χ2n) is 7.34. The Morgan fingerprint density at radius 2 is 1.69 bits per heavy atom. The van der Waals surface area contributed by atoms with Crippen LogP contribution < -0.4 is 5.73 Å². The van der Waals surface area contributed by atoms with E-state index in [4.69, 9.17) is 5.73 Å². The van der Waals surface area contributed by atoms with Gasteiger partial charge in [0.1, 0.15) is 11.6 Å². The van der Waals surface area contributed by atoms with E-state index in [1.54, 1.807) is 0 Å². The van der Waals surface area contributed by atoms with Gasteiger partial charge in [-0.2, -0.15) is 0 Å². The Hall–Kier alpha value is -3.14. The first-order chi connectivity index (χ1) is 13.3. The number of rotatable bonds is 4. The number of carbonyl (C=O) groups is 2. The van der Waals surface area contributed by atoms with Crippen LogP contribution in [0.4, 0.5) is 14.7 Å². The quantitative estimate of drug-likeness (QED) is 0.512. The summed E-state index contributed by atoms with van der Waals surface area (Å²) in [6.45, 7) is 4.43. The van der Waals surface area contributed by atoms with Crippen molar-refractivity contribution in [3.63, 3.8) is 0 Å². The lowest BCUT2D eigenvalue weighted by Crippen LogP contribution is -2.34. The maximum Gasteiger partial charge on any atom is 0.246 e. The van der Waals surface area contributed by atoms with Crippen LogP contribution in [-0.4, -0.2) is 33.7 Å². The number of ketones is 2. The number of aromatic nitrogens is 2. The summed E-state index contributed by atoms with van der Waals surface area (Å²) in [6.07, 6.45) is 0. The lowest BCUT2D eigenvalue weighted by atomic mass is 10.0. The van der Waals surface area contributed by atoms with Crippen LogP contribution >= 0.6 is 0 Å². The second-order valence-corrected chi connectivity index (χ2v) is 9.88. The minimum Gasteiger partial charge on any atom is -0.368 e. The van der Waals surface area contributed by atoms with Crippen molar-refractivity contribution >= 4 is 38.6 Å². The predicted octanol–water partition coefficient (Wildman–Crippen LogP) is 2.94. The number of anilines is 1. The molecule has 7 nitrogen and oxygen atoms in total. The number of nitrogen functional groups attached to an aromatic ring is 1. The summed E-state index contributed by atoms with van der Waals surface area (Å²) in [5.41, 5.74) is 5.22. The number of carbonyl (C=O) groups excluding carboxylic acids is 2. The highest BCUT2D eigenvalue weighted by Crippen LogP contribution is 2.28. The Labute approximate surface area is 165 Å². The van der Waals surface area contributed by atoms with Crippen LogP contribution in [0.5, 0.6) is 0 Å². The van der Waals surface area contributed by atoms with Crippen molar-refractivity contribution in [3.8, 4) is 0 Å². The van der Waals surface area contributed by atoms with Crippen molar-refractivity contribution in [1.29, 1.82) is 0 Å². The van der Waals surface area contributed by atoms with Gasteiger partial charge in [0.15, 0.2) is 0 Å². The average molecular weight is 421 g/mol. The smallest absolute Gasteiger partial charge is 0.246 e. The standard InChI is InChI=1S/C19H17F2N3O4S/c1-19(2,3)29(27,28)24-15-8-10(4-7-14(15)23-18(24)22)16(25)17(26)12-6-5-11(20)9-13(12)21/h4-9H,1-3H3,(H2,22,23). The Kier molecular flexibility index (Phi) is 4.78. The molecule has 0 aliphatic carbocycles. The van der Waals surface area contributed by atoms with E-state index in [1.807, 2.05) is 0 Å². The first kappa shape index (κ1) is 20.6. The highest BCUT2D eigenvalue weighted by molar-refractivity contribution is 7.91. The van der Waals surface area contributed by atoms with Gasteiger partial charge in [0.25, 0.3) is 0 Å². The Morgan fingerprint density at radius 1 is 1.03 bits per heavy atom. The number of hydrogen-bond acceptors (Lipinski definition) is 6. The summed E-state index contributed by atoms with van der Waals surface area (Å²) in [5.74, 6) is -4.64. The van der Waals surface area contributed by atoms with Gasteiger partial charge in [-0.1, -0.05) is 0 Å². The third-order valence-corrected chi connectivity index (χ3v) is 6.71. The molecule has 2 N–H and O–H groups in total. The molecule has 152 valence electrons. The lowest BCUT2D eigenvalue weighted by molar-refractivity contribution is 0.0814. The monoisotopic (exact) mass is 421 g/mol. The molecule has 0 fully saturated rings. The molecule has 0 atom stereocenters. The fraction of sp³-hybridized carbons (Fsp3) is 0.211. The van der Waals surface area contributed by atoms with E-state index in [-0.39, 0.29) is 22.5 Å². The number of imidazole rings is 1. The molecule has 0 bridgehead atoms. The zero-order valence-corrected chi connectivity index (χ0v) is 16.5. The van der Waals surface area contributed by atoms with Gasteiger partial charge in [-0.25, -0.2) is 26.2 Å². The van der Waals surface area contributed by atoms with E-state index in [2.05, 4.69) is 4.98 Å². The minimum atomic E-state index is -3.99. The van der Waals surface area contributed by atoms with E-state index in [0.717, 1.165) is 22.2 Å². The summed E-state index contributed by atoms with van der Waals surface area (Å²) >= 11 is 0. The molecule has 2 aromatic carbocycles. The van der Waals surface area contributed by atoms with Gasteiger partial charge in [0, 0.05) is 11.6 Å². The molecule has 29 heavy (non-hydrogen) atoms. The number of benzene rings is 2. The molecule has 0 radical (unpaired) electrons. The molecule has 0 aliphatic rings. The highest BCUT2D eigenvalue weighted by atomic mass is 32.2. The highest BCUT2D eigenvalue weighted by Gasteiger charge is 2.34. The van der Waals surface area contributed by atoms with Gasteiger partial charge in [0.05, 0.1) is 21.3 Å². The Bertz CT molecular complexity index is 1270. The van der Waals surface area contributed by atoms with Crippen molar-refractivity contribution in [3.05, 3.63) is 59.2 Å². The number of nitrogens with zero attached hydrogens (tertiary/aromatic N) is 2. The van der Waals surface area contributed by atoms with Crippen LogP contribution in [0.2, 0.25) is 0 Å². The van der Waals surface area contributed by atoms with Crippen LogP contribution in [0.25, 0.3) is 11.0 Å².